The number of aliphatic hydroxyl groups excluding tert-OH is 2. The molecular weight excluding hydrogens is 243 g/mol. The van der Waals surface area contributed by atoms with Gasteiger partial charge in [-0.2, -0.15) is 0 Å². The molecule has 0 radical (unpaired) electrons. The molecule has 0 heterocycles. The molecule has 0 bridgehead atoms. The summed E-state index contributed by atoms with van der Waals surface area (Å²) in [6.45, 7) is 0.170. The van der Waals surface area contributed by atoms with Crippen LogP contribution in [0, 0.1) is 0 Å². The summed E-state index contributed by atoms with van der Waals surface area (Å²) in [7, 11) is -4.61. The van der Waals surface area contributed by atoms with Gasteiger partial charge in [0.25, 0.3) is 0 Å². The lowest BCUT2D eigenvalue weighted by molar-refractivity contribution is 0.117. The summed E-state index contributed by atoms with van der Waals surface area (Å²) in [5, 5.41) is 15.5. The van der Waals surface area contributed by atoms with Crippen molar-refractivity contribution in [2.75, 3.05) is 25.0 Å². The van der Waals surface area contributed by atoms with Gasteiger partial charge < -0.3 is 29.4 Å². The Balaban J connectivity index is -0.000000117. The smallest absolute Gasteiger partial charge is 0.395 e. The summed E-state index contributed by atoms with van der Waals surface area (Å²) < 4.78 is 0. The lowest BCUT2D eigenvalue weighted by atomic mass is 10.9. The van der Waals surface area contributed by atoms with Crippen LogP contribution in [0.3, 0.4) is 0 Å². The molecule has 0 unspecified atom stereocenters. The van der Waals surface area contributed by atoms with Crippen LogP contribution < -0.4 is 0 Å². The van der Waals surface area contributed by atoms with Crippen LogP contribution in [0.4, 0.5) is 0 Å². The van der Waals surface area contributed by atoms with Crippen molar-refractivity contribution in [3.05, 3.63) is 0 Å². The quantitative estimate of drug-likeness (QED) is 0.247. The van der Waals surface area contributed by atoms with E-state index in [9.17, 15) is 0 Å². The molecule has 13 heavy (non-hydrogen) atoms. The van der Waals surface area contributed by atoms with E-state index < -0.39 is 9.05 Å². The molecule has 0 saturated heterocycles. The van der Waals surface area contributed by atoms with Crippen LogP contribution in [-0.2, 0) is 0 Å². The molecule has 0 atom stereocenters. The Hall–Kier alpha value is 0.557. The Morgan fingerprint density at radius 2 is 0.846 bits per heavy atom. The fraction of sp³-hybridized carbons (Fsp3) is 1.00. The van der Waals surface area contributed by atoms with E-state index in [1.807, 2.05) is 0 Å². The number of alkyl halides is 2. The van der Waals surface area contributed by atoms with E-state index in [1.54, 1.807) is 0 Å². The lowest BCUT2D eigenvalue weighted by Crippen LogP contribution is -2.33. The summed E-state index contributed by atoms with van der Waals surface area (Å²) in [5.74, 6) is 0.694. The summed E-state index contributed by atoms with van der Waals surface area (Å²) in [4.78, 5) is 29.3. The molecule has 0 aromatic carbocycles. The second kappa shape index (κ2) is 15.0. The van der Waals surface area contributed by atoms with Gasteiger partial charge in [-0.1, -0.05) is 0 Å². The molecule has 0 aliphatic rings. The number of halogens is 2. The van der Waals surface area contributed by atoms with Crippen molar-refractivity contribution in [3.8, 4) is 0 Å². The van der Waals surface area contributed by atoms with Gasteiger partial charge in [0.2, 0.25) is 0 Å². The molecular formula is C4H14Cl2O6Si. The maximum absolute atomic E-state index is 7.74. The minimum absolute atomic E-state index is 0.0849. The maximum Gasteiger partial charge on any atom is 0.668 e. The molecule has 0 amide bonds. The average Bonchev–Trinajstić information content (AvgIpc) is 2.01. The molecule has 0 aliphatic carbocycles. The Kier molecular flexibility index (Phi) is 22.2. The standard InChI is InChI=1S/2C2H5ClO.H4O4Si/c2*3-1-2-4;1-5(2,3)4/h2*4H,1-2H2;1-4H. The highest BCUT2D eigenvalue weighted by molar-refractivity contribution is 6.46. The van der Waals surface area contributed by atoms with Gasteiger partial charge in [0.05, 0.1) is 13.2 Å². The molecule has 0 fully saturated rings. The highest BCUT2D eigenvalue weighted by Crippen LogP contribution is 1.67. The highest BCUT2D eigenvalue weighted by atomic mass is 35.5. The molecule has 0 aliphatic heterocycles. The third-order valence-corrected chi connectivity index (χ3v) is 0.507. The minimum Gasteiger partial charge on any atom is -0.395 e. The molecule has 0 spiro atoms. The van der Waals surface area contributed by atoms with Crippen LogP contribution in [0.5, 0.6) is 0 Å². The van der Waals surface area contributed by atoms with E-state index in [-0.39, 0.29) is 13.2 Å². The first-order valence-corrected chi connectivity index (χ1v) is 5.92. The summed E-state index contributed by atoms with van der Waals surface area (Å²) >= 11 is 9.87. The Morgan fingerprint density at radius 1 is 0.769 bits per heavy atom. The third-order valence-electron chi connectivity index (χ3n) is 0.169. The Morgan fingerprint density at radius 3 is 0.846 bits per heavy atom. The topological polar surface area (TPSA) is 121 Å². The van der Waals surface area contributed by atoms with Crippen molar-refractivity contribution in [2.45, 2.75) is 0 Å². The molecule has 0 aromatic heterocycles. The van der Waals surface area contributed by atoms with Crippen LogP contribution >= 0.6 is 23.2 Å². The van der Waals surface area contributed by atoms with Crippen molar-refractivity contribution in [2.24, 2.45) is 0 Å². The van der Waals surface area contributed by atoms with Crippen LogP contribution in [0.2, 0.25) is 0 Å². The lowest BCUT2D eigenvalue weighted by Gasteiger charge is -1.91. The monoisotopic (exact) mass is 256 g/mol. The van der Waals surface area contributed by atoms with E-state index in [0.29, 0.717) is 11.8 Å². The van der Waals surface area contributed by atoms with Gasteiger partial charge >= 0.3 is 9.05 Å². The van der Waals surface area contributed by atoms with E-state index in [1.165, 1.54) is 0 Å². The first kappa shape index (κ1) is 19.2. The Labute approximate surface area is 87.1 Å². The van der Waals surface area contributed by atoms with Crippen molar-refractivity contribution < 1.29 is 29.4 Å². The van der Waals surface area contributed by atoms with Crippen LogP contribution in [0.15, 0.2) is 0 Å². The zero-order valence-electron chi connectivity index (χ0n) is 6.77. The summed E-state index contributed by atoms with van der Waals surface area (Å²) in [6.07, 6.45) is 0. The second-order valence-corrected chi connectivity index (χ2v) is 3.38. The Bertz CT molecular complexity index is 65.5. The fourth-order valence-electron chi connectivity index (χ4n) is 0. The van der Waals surface area contributed by atoms with Gasteiger partial charge in [-0.25, -0.2) is 0 Å². The van der Waals surface area contributed by atoms with E-state index >= 15 is 0 Å². The number of hydrogen-bond acceptors (Lipinski definition) is 6. The van der Waals surface area contributed by atoms with E-state index in [2.05, 4.69) is 0 Å². The molecule has 0 saturated carbocycles. The molecule has 6 N–H and O–H groups in total. The van der Waals surface area contributed by atoms with Gasteiger partial charge in [-0.05, 0) is 0 Å². The summed E-state index contributed by atoms with van der Waals surface area (Å²) in [6, 6.07) is 0. The third kappa shape index (κ3) is 214. The van der Waals surface area contributed by atoms with Gasteiger partial charge in [0.1, 0.15) is 0 Å². The summed E-state index contributed by atoms with van der Waals surface area (Å²) in [5.41, 5.74) is 0. The van der Waals surface area contributed by atoms with Crippen molar-refractivity contribution in [3.63, 3.8) is 0 Å². The van der Waals surface area contributed by atoms with Gasteiger partial charge in [-0.3, -0.25) is 0 Å². The van der Waals surface area contributed by atoms with E-state index in [0.717, 1.165) is 0 Å². The van der Waals surface area contributed by atoms with Crippen LogP contribution in [0.25, 0.3) is 0 Å². The first-order chi connectivity index (χ1) is 5.83. The zero-order valence-corrected chi connectivity index (χ0v) is 9.28. The first-order valence-electron chi connectivity index (χ1n) is 3.06. The molecule has 6 nitrogen and oxygen atoms in total. The second-order valence-electron chi connectivity index (χ2n) is 1.43. The number of aliphatic hydroxyl groups is 2. The van der Waals surface area contributed by atoms with Gasteiger partial charge in [0.15, 0.2) is 0 Å². The molecule has 0 rings (SSSR count). The van der Waals surface area contributed by atoms with Gasteiger partial charge in [-0.15, -0.1) is 23.2 Å². The highest BCUT2D eigenvalue weighted by Gasteiger charge is 2.22. The predicted molar refractivity (Wildman–Crippen MR) is 50.2 cm³/mol. The SMILES string of the molecule is OCCCl.OCCCl.O[Si](O)(O)O. The van der Waals surface area contributed by atoms with E-state index in [4.69, 9.17) is 52.6 Å². The normalized spacial score (nSPS) is 9.23. The minimum atomic E-state index is -4.61. The molecule has 0 aromatic rings. The van der Waals surface area contributed by atoms with Crippen LogP contribution in [0.1, 0.15) is 0 Å². The maximum atomic E-state index is 7.74. The number of rotatable bonds is 2. The molecule has 84 valence electrons. The predicted octanol–water partition coefficient (Wildman–Crippen LogP) is -2.17. The molecule has 9 heteroatoms. The van der Waals surface area contributed by atoms with Crippen molar-refractivity contribution in [1.82, 2.24) is 0 Å². The van der Waals surface area contributed by atoms with Crippen molar-refractivity contribution in [1.29, 1.82) is 0 Å². The average molecular weight is 257 g/mol. The zero-order chi connectivity index (χ0) is 11.3. The fourth-order valence-corrected chi connectivity index (χ4v) is 0. The van der Waals surface area contributed by atoms with Crippen LogP contribution in [-0.4, -0.2) is 63.4 Å². The van der Waals surface area contributed by atoms with Crippen molar-refractivity contribution >= 4 is 32.2 Å². The largest absolute Gasteiger partial charge is 0.668 e. The van der Waals surface area contributed by atoms with Gasteiger partial charge in [0, 0.05) is 11.8 Å². The number of hydrogen-bond donors (Lipinski definition) is 6.